The smallest absolute Gasteiger partial charge is 0.223 e. The molecule has 1 aromatic carbocycles. The van der Waals surface area contributed by atoms with Crippen LogP contribution in [0.3, 0.4) is 0 Å². The van der Waals surface area contributed by atoms with E-state index in [1.165, 1.54) is 0 Å². The van der Waals surface area contributed by atoms with Crippen LogP contribution in [0.25, 0.3) is 17.0 Å². The molecule has 1 saturated carbocycles. The van der Waals surface area contributed by atoms with Crippen molar-refractivity contribution in [1.82, 2.24) is 24.3 Å². The van der Waals surface area contributed by atoms with Crippen LogP contribution in [0.4, 0.5) is 11.8 Å². The van der Waals surface area contributed by atoms with Crippen molar-refractivity contribution in [2.45, 2.75) is 44.3 Å². The van der Waals surface area contributed by atoms with Gasteiger partial charge < -0.3 is 16.4 Å². The van der Waals surface area contributed by atoms with Crippen LogP contribution in [0, 0.1) is 0 Å². The number of benzene rings is 1. The van der Waals surface area contributed by atoms with Gasteiger partial charge in [0.2, 0.25) is 5.95 Å². The molecule has 0 unspecified atom stereocenters. The van der Waals surface area contributed by atoms with Crippen molar-refractivity contribution in [2.24, 2.45) is 5.73 Å². The molecule has 172 valence electrons. The Morgan fingerprint density at radius 3 is 2.73 bits per heavy atom. The summed E-state index contributed by atoms with van der Waals surface area (Å²) in [7, 11) is 0. The zero-order valence-corrected chi connectivity index (χ0v) is 19.6. The molecule has 4 N–H and O–H groups in total. The van der Waals surface area contributed by atoms with E-state index in [-0.39, 0.29) is 12.4 Å². The Morgan fingerprint density at radius 2 is 1.91 bits per heavy atom. The molecule has 0 atom stereocenters. The Bertz CT molecular complexity index is 1220. The van der Waals surface area contributed by atoms with Gasteiger partial charge >= 0.3 is 0 Å². The first-order chi connectivity index (χ1) is 15.7. The third-order valence-electron chi connectivity index (χ3n) is 5.80. The van der Waals surface area contributed by atoms with Gasteiger partial charge in [0.05, 0.1) is 17.6 Å². The Hall–Kier alpha value is -2.94. The van der Waals surface area contributed by atoms with Crippen LogP contribution in [-0.4, -0.2) is 36.4 Å². The second-order valence-electron chi connectivity index (χ2n) is 8.12. The van der Waals surface area contributed by atoms with E-state index in [4.69, 9.17) is 17.3 Å². The predicted molar refractivity (Wildman–Crippen MR) is 134 cm³/mol. The highest BCUT2D eigenvalue weighted by atomic mass is 35.5. The maximum absolute atomic E-state index is 6.07. The fourth-order valence-corrected chi connectivity index (χ4v) is 4.29. The second-order valence-corrected chi connectivity index (χ2v) is 8.55. The van der Waals surface area contributed by atoms with Crippen LogP contribution < -0.4 is 16.4 Å². The molecule has 0 amide bonds. The molecular formula is C23H26Cl2N8. The van der Waals surface area contributed by atoms with Gasteiger partial charge in [0.25, 0.3) is 0 Å². The van der Waals surface area contributed by atoms with Gasteiger partial charge in [0.15, 0.2) is 11.5 Å². The highest BCUT2D eigenvalue weighted by molar-refractivity contribution is 6.30. The van der Waals surface area contributed by atoms with Gasteiger partial charge in [0.1, 0.15) is 0 Å². The molecule has 0 aliphatic heterocycles. The van der Waals surface area contributed by atoms with Gasteiger partial charge in [-0.1, -0.05) is 23.7 Å². The van der Waals surface area contributed by atoms with Crippen molar-refractivity contribution >= 4 is 41.4 Å². The number of hydrogen-bond acceptors (Lipinski definition) is 7. The molecule has 3 aromatic heterocycles. The van der Waals surface area contributed by atoms with Crippen molar-refractivity contribution in [3.63, 3.8) is 0 Å². The predicted octanol–water partition coefficient (Wildman–Crippen LogP) is 4.56. The number of anilines is 2. The van der Waals surface area contributed by atoms with Crippen LogP contribution in [-0.2, 0) is 6.54 Å². The molecule has 3 heterocycles. The molecule has 5 rings (SSSR count). The molecule has 0 radical (unpaired) electrons. The number of nitrogens with one attached hydrogen (secondary N) is 2. The van der Waals surface area contributed by atoms with Crippen molar-refractivity contribution in [3.8, 4) is 11.4 Å². The molecule has 8 nitrogen and oxygen atoms in total. The summed E-state index contributed by atoms with van der Waals surface area (Å²) in [6.07, 6.45) is 11.4. The standard InChI is InChI=1S/C23H25ClN8.ClH/c24-16-3-1-2-15(12-16)13-29-23-27-9-8-19(31-23)20-14-28-22-21(26-10-11-32(20)22)30-18-6-4-17(25)5-7-18;/h1-3,8-12,14,17-18H,4-7,13,25H2,(H,26,30)(H,27,29,31);1H. The Kier molecular flexibility index (Phi) is 7.27. The fourth-order valence-electron chi connectivity index (χ4n) is 4.08. The number of hydrogen-bond donors (Lipinski definition) is 3. The number of nitrogens with zero attached hydrogens (tertiary/aromatic N) is 5. The molecule has 10 heteroatoms. The van der Waals surface area contributed by atoms with E-state index in [0.29, 0.717) is 29.6 Å². The highest BCUT2D eigenvalue weighted by Gasteiger charge is 2.20. The topological polar surface area (TPSA) is 106 Å². The van der Waals surface area contributed by atoms with Gasteiger partial charge in [-0.05, 0) is 49.4 Å². The Morgan fingerprint density at radius 1 is 1.06 bits per heavy atom. The third-order valence-corrected chi connectivity index (χ3v) is 6.03. The van der Waals surface area contributed by atoms with Gasteiger partial charge in [-0.2, -0.15) is 0 Å². The molecule has 4 aromatic rings. The summed E-state index contributed by atoms with van der Waals surface area (Å²) >= 11 is 6.07. The van der Waals surface area contributed by atoms with Gasteiger partial charge in [-0.3, -0.25) is 4.40 Å². The lowest BCUT2D eigenvalue weighted by atomic mass is 9.92. The van der Waals surface area contributed by atoms with Gasteiger partial charge in [0, 0.05) is 42.2 Å². The SMILES string of the molecule is Cl.NC1CCC(Nc2nccn3c(-c4ccnc(NCc5cccc(Cl)c5)n4)cnc23)CC1. The fraction of sp³-hybridized carbons (Fsp3) is 0.304. The molecule has 0 bridgehead atoms. The molecular weight excluding hydrogens is 459 g/mol. The maximum atomic E-state index is 6.07. The summed E-state index contributed by atoms with van der Waals surface area (Å²) in [6.45, 7) is 0.584. The van der Waals surface area contributed by atoms with E-state index in [2.05, 4.69) is 30.6 Å². The Labute approximate surface area is 203 Å². The minimum Gasteiger partial charge on any atom is -0.364 e. The summed E-state index contributed by atoms with van der Waals surface area (Å²) in [5.74, 6) is 1.33. The third kappa shape index (κ3) is 5.35. The molecule has 33 heavy (non-hydrogen) atoms. The molecule has 0 spiro atoms. The van der Waals surface area contributed by atoms with Crippen LogP contribution in [0.2, 0.25) is 5.02 Å². The monoisotopic (exact) mass is 484 g/mol. The zero-order chi connectivity index (χ0) is 21.9. The lowest BCUT2D eigenvalue weighted by molar-refractivity contribution is 0.410. The second kappa shape index (κ2) is 10.3. The summed E-state index contributed by atoms with van der Waals surface area (Å²) in [5, 5.41) is 7.53. The zero-order valence-electron chi connectivity index (χ0n) is 18.0. The lowest BCUT2D eigenvalue weighted by Crippen LogP contribution is -2.33. The average molecular weight is 485 g/mol. The van der Waals surface area contributed by atoms with Crippen LogP contribution >= 0.6 is 24.0 Å². The summed E-state index contributed by atoms with van der Waals surface area (Å²) < 4.78 is 2.01. The molecule has 1 fully saturated rings. The maximum Gasteiger partial charge on any atom is 0.223 e. The number of fused-ring (bicyclic) bond motifs is 1. The average Bonchev–Trinajstić information content (AvgIpc) is 3.25. The number of nitrogens with two attached hydrogens (primary N) is 1. The van der Waals surface area contributed by atoms with Crippen molar-refractivity contribution in [1.29, 1.82) is 0 Å². The normalized spacial score (nSPS) is 18.0. The van der Waals surface area contributed by atoms with E-state index in [0.717, 1.165) is 54.1 Å². The first kappa shape index (κ1) is 23.2. The minimum atomic E-state index is 0. The molecule has 0 saturated heterocycles. The molecule has 1 aliphatic rings. The quantitative estimate of drug-likeness (QED) is 0.368. The van der Waals surface area contributed by atoms with Crippen LogP contribution in [0.15, 0.2) is 55.1 Å². The van der Waals surface area contributed by atoms with Crippen LogP contribution in [0.1, 0.15) is 31.2 Å². The van der Waals surface area contributed by atoms with E-state index in [1.807, 2.05) is 47.1 Å². The van der Waals surface area contributed by atoms with Gasteiger partial charge in [-0.25, -0.2) is 19.9 Å². The lowest BCUT2D eigenvalue weighted by Gasteiger charge is -2.27. The summed E-state index contributed by atoms with van der Waals surface area (Å²) in [6, 6.07) is 10.3. The van der Waals surface area contributed by atoms with E-state index < -0.39 is 0 Å². The number of imidazole rings is 1. The van der Waals surface area contributed by atoms with E-state index >= 15 is 0 Å². The highest BCUT2D eigenvalue weighted by Crippen LogP contribution is 2.25. The van der Waals surface area contributed by atoms with Crippen LogP contribution in [0.5, 0.6) is 0 Å². The van der Waals surface area contributed by atoms with Crippen molar-refractivity contribution < 1.29 is 0 Å². The molecule has 1 aliphatic carbocycles. The number of halogens is 2. The number of rotatable bonds is 6. The van der Waals surface area contributed by atoms with Gasteiger partial charge in [-0.15, -0.1) is 12.4 Å². The summed E-state index contributed by atoms with van der Waals surface area (Å²) in [4.78, 5) is 18.2. The summed E-state index contributed by atoms with van der Waals surface area (Å²) in [5.41, 5.74) is 9.54. The first-order valence-electron chi connectivity index (χ1n) is 10.8. The Balaban J connectivity index is 0.00000259. The largest absolute Gasteiger partial charge is 0.364 e. The van der Waals surface area contributed by atoms with E-state index in [9.17, 15) is 0 Å². The number of aromatic nitrogens is 5. The van der Waals surface area contributed by atoms with E-state index in [1.54, 1.807) is 12.4 Å². The van der Waals surface area contributed by atoms with Crippen molar-refractivity contribution in [2.75, 3.05) is 10.6 Å². The first-order valence-corrected chi connectivity index (χ1v) is 11.2. The minimum absolute atomic E-state index is 0. The van der Waals surface area contributed by atoms with Crippen molar-refractivity contribution in [3.05, 3.63) is 65.7 Å².